The Bertz CT molecular complexity index is 684. The number of aromatic nitrogens is 2. The lowest BCUT2D eigenvalue weighted by molar-refractivity contribution is -0.383. The van der Waals surface area contributed by atoms with E-state index in [4.69, 9.17) is 11.6 Å². The summed E-state index contributed by atoms with van der Waals surface area (Å²) in [5, 5.41) is 17.7. The van der Waals surface area contributed by atoms with Crippen LogP contribution in [0.3, 0.4) is 0 Å². The van der Waals surface area contributed by atoms with Crippen LogP contribution < -0.4 is 5.32 Å². The number of nitro benzene ring substituents is 1. The van der Waals surface area contributed by atoms with Crippen LogP contribution in [-0.2, 0) is 11.3 Å². The third-order valence-electron chi connectivity index (χ3n) is 2.76. The molecule has 1 aromatic heterocycles. The molecule has 0 aliphatic heterocycles. The van der Waals surface area contributed by atoms with Gasteiger partial charge in [0.1, 0.15) is 5.69 Å². The van der Waals surface area contributed by atoms with Gasteiger partial charge in [0.05, 0.1) is 11.1 Å². The van der Waals surface area contributed by atoms with Crippen molar-refractivity contribution in [3.63, 3.8) is 0 Å². The Balaban J connectivity index is 2.01. The molecule has 0 atom stereocenters. The monoisotopic (exact) mass is 308 g/mol. The van der Waals surface area contributed by atoms with E-state index in [-0.39, 0.29) is 28.7 Å². The molecule has 0 unspecified atom stereocenters. The molecule has 21 heavy (non-hydrogen) atoms. The van der Waals surface area contributed by atoms with E-state index >= 15 is 0 Å². The summed E-state index contributed by atoms with van der Waals surface area (Å²) >= 11 is 5.71. The van der Waals surface area contributed by atoms with Crippen molar-refractivity contribution < 1.29 is 9.72 Å². The quantitative estimate of drug-likeness (QED) is 0.679. The summed E-state index contributed by atoms with van der Waals surface area (Å²) in [5.74, 6) is -0.325. The Morgan fingerprint density at radius 2 is 2.29 bits per heavy atom. The molecule has 0 aliphatic carbocycles. The maximum absolute atomic E-state index is 11.8. The molecule has 2 rings (SSSR count). The molecule has 0 saturated carbocycles. The average molecular weight is 309 g/mol. The number of nitro groups is 1. The zero-order valence-corrected chi connectivity index (χ0v) is 12.0. The molecule has 1 N–H and O–H groups in total. The van der Waals surface area contributed by atoms with Gasteiger partial charge in [-0.15, -0.1) is 0 Å². The Morgan fingerprint density at radius 3 is 2.90 bits per heavy atom. The van der Waals surface area contributed by atoms with E-state index in [1.165, 1.54) is 18.2 Å². The first-order chi connectivity index (χ1) is 9.95. The molecule has 110 valence electrons. The molecule has 0 aliphatic rings. The SMILES string of the molecule is Cc1cnn(CCC(=O)Nc2ccc(Cl)cc2[N+](=O)[O-])c1. The Morgan fingerprint density at radius 1 is 1.52 bits per heavy atom. The smallest absolute Gasteiger partial charge is 0.294 e. The summed E-state index contributed by atoms with van der Waals surface area (Å²) < 4.78 is 1.64. The van der Waals surface area contributed by atoms with Crippen LogP contribution >= 0.6 is 11.6 Å². The summed E-state index contributed by atoms with van der Waals surface area (Å²) in [6, 6.07) is 4.10. The lowest BCUT2D eigenvalue weighted by atomic mass is 10.2. The van der Waals surface area contributed by atoms with Crippen molar-refractivity contribution in [1.29, 1.82) is 0 Å². The molecule has 0 saturated heterocycles. The summed E-state index contributed by atoms with van der Waals surface area (Å²) in [6.07, 6.45) is 3.68. The van der Waals surface area contributed by atoms with Crippen molar-refractivity contribution in [2.24, 2.45) is 0 Å². The molecule has 1 amide bonds. The van der Waals surface area contributed by atoms with Gasteiger partial charge in [-0.2, -0.15) is 5.10 Å². The van der Waals surface area contributed by atoms with E-state index in [2.05, 4.69) is 10.4 Å². The highest BCUT2D eigenvalue weighted by Crippen LogP contribution is 2.27. The van der Waals surface area contributed by atoms with Gasteiger partial charge in [0, 0.05) is 30.3 Å². The lowest BCUT2D eigenvalue weighted by Gasteiger charge is -2.06. The molecular weight excluding hydrogens is 296 g/mol. The van der Waals surface area contributed by atoms with Gasteiger partial charge in [-0.05, 0) is 24.6 Å². The van der Waals surface area contributed by atoms with Gasteiger partial charge in [0.2, 0.25) is 5.91 Å². The maximum Gasteiger partial charge on any atom is 0.294 e. The van der Waals surface area contributed by atoms with E-state index in [1.807, 2.05) is 13.1 Å². The van der Waals surface area contributed by atoms with Crippen LogP contribution in [0.25, 0.3) is 0 Å². The molecule has 1 heterocycles. The summed E-state index contributed by atoms with van der Waals surface area (Å²) in [4.78, 5) is 22.2. The number of aryl methyl sites for hydroxylation is 2. The fourth-order valence-electron chi connectivity index (χ4n) is 1.78. The average Bonchev–Trinajstić information content (AvgIpc) is 2.84. The number of carbonyl (C=O) groups is 1. The van der Waals surface area contributed by atoms with Crippen molar-refractivity contribution in [2.45, 2.75) is 19.9 Å². The van der Waals surface area contributed by atoms with Gasteiger partial charge >= 0.3 is 0 Å². The highest BCUT2D eigenvalue weighted by Gasteiger charge is 2.16. The second kappa shape index (κ2) is 6.36. The molecule has 0 bridgehead atoms. The second-order valence-corrected chi connectivity index (χ2v) is 4.93. The maximum atomic E-state index is 11.8. The predicted molar refractivity (Wildman–Crippen MR) is 78.3 cm³/mol. The normalized spacial score (nSPS) is 10.4. The summed E-state index contributed by atoms with van der Waals surface area (Å²) in [7, 11) is 0. The van der Waals surface area contributed by atoms with Crippen LogP contribution in [0.15, 0.2) is 30.6 Å². The molecule has 0 spiro atoms. The summed E-state index contributed by atoms with van der Waals surface area (Å²) in [5.41, 5.74) is 0.903. The summed E-state index contributed by atoms with van der Waals surface area (Å²) in [6.45, 7) is 2.31. The van der Waals surface area contributed by atoms with Gasteiger partial charge in [0.15, 0.2) is 0 Å². The highest BCUT2D eigenvalue weighted by molar-refractivity contribution is 6.31. The number of amides is 1. The molecule has 0 radical (unpaired) electrons. The van der Waals surface area contributed by atoms with Crippen LogP contribution in [0.4, 0.5) is 11.4 Å². The Hall–Kier alpha value is -2.41. The fourth-order valence-corrected chi connectivity index (χ4v) is 1.95. The topological polar surface area (TPSA) is 90.1 Å². The highest BCUT2D eigenvalue weighted by atomic mass is 35.5. The van der Waals surface area contributed by atoms with E-state index in [9.17, 15) is 14.9 Å². The first-order valence-electron chi connectivity index (χ1n) is 6.18. The molecule has 2 aromatic rings. The lowest BCUT2D eigenvalue weighted by Crippen LogP contribution is -2.15. The zero-order chi connectivity index (χ0) is 15.4. The standard InChI is InChI=1S/C13H13ClN4O3/c1-9-7-15-17(8-9)5-4-13(19)16-11-3-2-10(14)6-12(11)18(20)21/h2-3,6-8H,4-5H2,1H3,(H,16,19). The van der Waals surface area contributed by atoms with Crippen molar-refractivity contribution in [3.05, 3.63) is 51.3 Å². The number of nitrogens with zero attached hydrogens (tertiary/aromatic N) is 3. The van der Waals surface area contributed by atoms with Crippen LogP contribution in [0.5, 0.6) is 0 Å². The van der Waals surface area contributed by atoms with Crippen molar-refractivity contribution in [3.8, 4) is 0 Å². The zero-order valence-electron chi connectivity index (χ0n) is 11.2. The third kappa shape index (κ3) is 4.03. The molecule has 7 nitrogen and oxygen atoms in total. The number of hydrogen-bond donors (Lipinski definition) is 1. The van der Waals surface area contributed by atoms with Crippen molar-refractivity contribution in [1.82, 2.24) is 9.78 Å². The number of anilines is 1. The second-order valence-electron chi connectivity index (χ2n) is 4.50. The van der Waals surface area contributed by atoms with E-state index in [0.29, 0.717) is 6.54 Å². The number of benzene rings is 1. The van der Waals surface area contributed by atoms with Crippen LogP contribution in [-0.4, -0.2) is 20.6 Å². The van der Waals surface area contributed by atoms with E-state index in [0.717, 1.165) is 5.56 Å². The molecule has 8 heteroatoms. The van der Waals surface area contributed by atoms with Crippen molar-refractivity contribution in [2.75, 3.05) is 5.32 Å². The first kappa shape index (κ1) is 15.0. The Kier molecular flexibility index (Phi) is 4.54. The Labute approximate surface area is 125 Å². The van der Waals surface area contributed by atoms with Gasteiger partial charge in [-0.1, -0.05) is 11.6 Å². The van der Waals surface area contributed by atoms with E-state index in [1.54, 1.807) is 10.9 Å². The number of carbonyl (C=O) groups excluding carboxylic acids is 1. The number of halogens is 1. The minimum absolute atomic E-state index is 0.131. The molecule has 0 fully saturated rings. The number of nitrogens with one attached hydrogen (secondary N) is 1. The van der Waals surface area contributed by atoms with Gasteiger partial charge in [-0.25, -0.2) is 0 Å². The van der Waals surface area contributed by atoms with Gasteiger partial charge in [-0.3, -0.25) is 19.6 Å². The molecular formula is C13H13ClN4O3. The van der Waals surface area contributed by atoms with Crippen LogP contribution in [0, 0.1) is 17.0 Å². The largest absolute Gasteiger partial charge is 0.320 e. The van der Waals surface area contributed by atoms with Gasteiger partial charge in [0.25, 0.3) is 5.69 Å². The number of hydrogen-bond acceptors (Lipinski definition) is 4. The minimum atomic E-state index is -0.585. The van der Waals surface area contributed by atoms with E-state index < -0.39 is 4.92 Å². The minimum Gasteiger partial charge on any atom is -0.320 e. The van der Waals surface area contributed by atoms with Crippen LogP contribution in [0.1, 0.15) is 12.0 Å². The van der Waals surface area contributed by atoms with Gasteiger partial charge < -0.3 is 5.32 Å². The van der Waals surface area contributed by atoms with Crippen LogP contribution in [0.2, 0.25) is 5.02 Å². The first-order valence-corrected chi connectivity index (χ1v) is 6.56. The number of rotatable bonds is 5. The fraction of sp³-hybridized carbons (Fsp3) is 0.231. The van der Waals surface area contributed by atoms with Crippen molar-refractivity contribution >= 4 is 28.9 Å². The molecule has 1 aromatic carbocycles. The predicted octanol–water partition coefficient (Wildman–Crippen LogP) is 2.78. The third-order valence-corrected chi connectivity index (χ3v) is 3.00.